The van der Waals surface area contributed by atoms with Crippen molar-refractivity contribution < 1.29 is 0 Å². The zero-order valence-electron chi connectivity index (χ0n) is 11.7. The molecule has 2 atom stereocenters. The molecule has 3 nitrogen and oxygen atoms in total. The van der Waals surface area contributed by atoms with Crippen LogP contribution < -0.4 is 5.73 Å². The Labute approximate surface area is 105 Å². The molecule has 0 spiro atoms. The van der Waals surface area contributed by atoms with Crippen LogP contribution in [0, 0.1) is 5.92 Å². The minimum absolute atomic E-state index is 0.420. The standard InChI is InChI=1S/C14H27N3/c1-5-7-12(6-2)17-10-16-9-14(17)13(8-15)11(3)4/h9-13H,5-8,15H2,1-4H3. The molecule has 0 amide bonds. The summed E-state index contributed by atoms with van der Waals surface area (Å²) in [6.45, 7) is 9.65. The SMILES string of the molecule is CCCC(CC)n1cncc1C(CN)C(C)C. The number of hydrogen-bond acceptors (Lipinski definition) is 2. The van der Waals surface area contributed by atoms with Crippen LogP contribution >= 0.6 is 0 Å². The van der Waals surface area contributed by atoms with E-state index in [9.17, 15) is 0 Å². The third-order valence-corrected chi connectivity index (χ3v) is 3.62. The van der Waals surface area contributed by atoms with E-state index in [-0.39, 0.29) is 0 Å². The van der Waals surface area contributed by atoms with E-state index in [1.807, 2.05) is 12.5 Å². The number of hydrogen-bond donors (Lipinski definition) is 1. The number of imidazole rings is 1. The highest BCUT2D eigenvalue weighted by Gasteiger charge is 2.21. The molecule has 17 heavy (non-hydrogen) atoms. The van der Waals surface area contributed by atoms with Gasteiger partial charge in [0.05, 0.1) is 6.33 Å². The summed E-state index contributed by atoms with van der Waals surface area (Å²) in [5, 5.41) is 0. The average molecular weight is 237 g/mol. The Hall–Kier alpha value is -0.830. The summed E-state index contributed by atoms with van der Waals surface area (Å²) in [6.07, 6.45) is 7.56. The first kappa shape index (κ1) is 14.2. The number of nitrogens with zero attached hydrogens (tertiary/aromatic N) is 2. The molecule has 1 rings (SSSR count). The van der Waals surface area contributed by atoms with Crippen LogP contribution in [0.15, 0.2) is 12.5 Å². The predicted molar refractivity (Wildman–Crippen MR) is 73.1 cm³/mol. The van der Waals surface area contributed by atoms with E-state index in [4.69, 9.17) is 5.73 Å². The summed E-state index contributed by atoms with van der Waals surface area (Å²) < 4.78 is 2.35. The third kappa shape index (κ3) is 3.32. The van der Waals surface area contributed by atoms with Gasteiger partial charge in [-0.2, -0.15) is 0 Å². The average Bonchev–Trinajstić information content (AvgIpc) is 2.75. The molecule has 0 saturated heterocycles. The van der Waals surface area contributed by atoms with E-state index >= 15 is 0 Å². The molecule has 0 fully saturated rings. The van der Waals surface area contributed by atoms with E-state index in [2.05, 4.69) is 37.2 Å². The minimum atomic E-state index is 0.420. The lowest BCUT2D eigenvalue weighted by atomic mass is 9.92. The van der Waals surface area contributed by atoms with Gasteiger partial charge in [-0.3, -0.25) is 0 Å². The van der Waals surface area contributed by atoms with Gasteiger partial charge in [0.25, 0.3) is 0 Å². The van der Waals surface area contributed by atoms with Gasteiger partial charge in [-0.05, 0) is 18.8 Å². The summed E-state index contributed by atoms with van der Waals surface area (Å²) in [6, 6.07) is 0.574. The number of rotatable bonds is 7. The van der Waals surface area contributed by atoms with Gasteiger partial charge in [0, 0.05) is 30.4 Å². The fraction of sp³-hybridized carbons (Fsp3) is 0.786. The van der Waals surface area contributed by atoms with Gasteiger partial charge >= 0.3 is 0 Å². The van der Waals surface area contributed by atoms with Gasteiger partial charge in [-0.1, -0.05) is 34.1 Å². The molecule has 1 heterocycles. The zero-order valence-corrected chi connectivity index (χ0v) is 11.7. The van der Waals surface area contributed by atoms with Crippen LogP contribution in [0.1, 0.15) is 64.6 Å². The van der Waals surface area contributed by atoms with E-state index in [1.165, 1.54) is 18.5 Å². The molecule has 1 aromatic rings. The van der Waals surface area contributed by atoms with Crippen LogP contribution in [0.3, 0.4) is 0 Å². The van der Waals surface area contributed by atoms with Crippen molar-refractivity contribution in [3.8, 4) is 0 Å². The van der Waals surface area contributed by atoms with Crippen molar-refractivity contribution in [1.29, 1.82) is 0 Å². The highest BCUT2D eigenvalue weighted by molar-refractivity contribution is 5.09. The molecule has 2 N–H and O–H groups in total. The maximum Gasteiger partial charge on any atom is 0.0950 e. The fourth-order valence-corrected chi connectivity index (χ4v) is 2.51. The fourth-order valence-electron chi connectivity index (χ4n) is 2.51. The number of nitrogens with two attached hydrogens (primary N) is 1. The first-order valence-electron chi connectivity index (χ1n) is 6.87. The molecule has 98 valence electrons. The van der Waals surface area contributed by atoms with E-state index < -0.39 is 0 Å². The Morgan fingerprint density at radius 3 is 2.53 bits per heavy atom. The molecular formula is C14H27N3. The quantitative estimate of drug-likeness (QED) is 0.790. The Morgan fingerprint density at radius 2 is 2.06 bits per heavy atom. The highest BCUT2D eigenvalue weighted by atomic mass is 15.1. The zero-order chi connectivity index (χ0) is 12.8. The van der Waals surface area contributed by atoms with Gasteiger partial charge in [0.2, 0.25) is 0 Å². The molecule has 2 unspecified atom stereocenters. The maximum absolute atomic E-state index is 5.91. The lowest BCUT2D eigenvalue weighted by Crippen LogP contribution is -2.22. The van der Waals surface area contributed by atoms with Crippen molar-refractivity contribution in [2.75, 3.05) is 6.54 Å². The molecule has 0 aliphatic heterocycles. The Morgan fingerprint density at radius 1 is 1.35 bits per heavy atom. The Kier molecular flexibility index (Phi) is 5.69. The first-order chi connectivity index (χ1) is 8.15. The summed E-state index contributed by atoms with van der Waals surface area (Å²) >= 11 is 0. The Bertz CT molecular complexity index is 317. The van der Waals surface area contributed by atoms with Gasteiger partial charge in [-0.25, -0.2) is 4.98 Å². The smallest absolute Gasteiger partial charge is 0.0950 e. The first-order valence-corrected chi connectivity index (χ1v) is 6.87. The lowest BCUT2D eigenvalue weighted by molar-refractivity contribution is 0.401. The monoisotopic (exact) mass is 237 g/mol. The second kappa shape index (κ2) is 6.80. The Balaban J connectivity index is 2.97. The lowest BCUT2D eigenvalue weighted by Gasteiger charge is -2.25. The molecular weight excluding hydrogens is 210 g/mol. The third-order valence-electron chi connectivity index (χ3n) is 3.62. The van der Waals surface area contributed by atoms with Gasteiger partial charge in [0.15, 0.2) is 0 Å². The van der Waals surface area contributed by atoms with Crippen LogP contribution in [0.4, 0.5) is 0 Å². The van der Waals surface area contributed by atoms with Gasteiger partial charge in [0.1, 0.15) is 0 Å². The second-order valence-corrected chi connectivity index (χ2v) is 5.16. The van der Waals surface area contributed by atoms with Crippen LogP contribution in [0.5, 0.6) is 0 Å². The topological polar surface area (TPSA) is 43.8 Å². The molecule has 0 aliphatic carbocycles. The van der Waals surface area contributed by atoms with Gasteiger partial charge in [-0.15, -0.1) is 0 Å². The van der Waals surface area contributed by atoms with Crippen LogP contribution in [0.2, 0.25) is 0 Å². The van der Waals surface area contributed by atoms with Crippen LogP contribution in [-0.2, 0) is 0 Å². The molecule has 3 heteroatoms. The van der Waals surface area contributed by atoms with Crippen molar-refractivity contribution in [3.63, 3.8) is 0 Å². The molecule has 1 aromatic heterocycles. The number of aromatic nitrogens is 2. The summed E-state index contributed by atoms with van der Waals surface area (Å²) in [4.78, 5) is 4.33. The van der Waals surface area contributed by atoms with E-state index in [1.54, 1.807) is 0 Å². The van der Waals surface area contributed by atoms with Crippen molar-refractivity contribution >= 4 is 0 Å². The highest BCUT2D eigenvalue weighted by Crippen LogP contribution is 2.28. The van der Waals surface area contributed by atoms with E-state index in [0.29, 0.717) is 24.4 Å². The van der Waals surface area contributed by atoms with Crippen LogP contribution in [0.25, 0.3) is 0 Å². The molecule has 0 aliphatic rings. The largest absolute Gasteiger partial charge is 0.331 e. The molecule has 0 saturated carbocycles. The van der Waals surface area contributed by atoms with Crippen molar-refractivity contribution in [1.82, 2.24) is 9.55 Å². The minimum Gasteiger partial charge on any atom is -0.331 e. The molecule has 0 aromatic carbocycles. The normalized spacial score (nSPS) is 15.2. The summed E-state index contributed by atoms with van der Waals surface area (Å²) in [5.74, 6) is 0.984. The molecule has 0 bridgehead atoms. The summed E-state index contributed by atoms with van der Waals surface area (Å²) in [5.41, 5.74) is 7.22. The van der Waals surface area contributed by atoms with Crippen molar-refractivity contribution in [2.24, 2.45) is 11.7 Å². The van der Waals surface area contributed by atoms with Crippen LogP contribution in [-0.4, -0.2) is 16.1 Å². The van der Waals surface area contributed by atoms with Crippen molar-refractivity contribution in [2.45, 2.75) is 58.9 Å². The molecule has 0 radical (unpaired) electrons. The second-order valence-electron chi connectivity index (χ2n) is 5.16. The van der Waals surface area contributed by atoms with Gasteiger partial charge < -0.3 is 10.3 Å². The van der Waals surface area contributed by atoms with Crippen molar-refractivity contribution in [3.05, 3.63) is 18.2 Å². The maximum atomic E-state index is 5.91. The predicted octanol–water partition coefficient (Wildman–Crippen LogP) is 3.33. The van der Waals surface area contributed by atoms with E-state index in [0.717, 1.165) is 6.42 Å². The summed E-state index contributed by atoms with van der Waals surface area (Å²) in [7, 11) is 0.